The summed E-state index contributed by atoms with van der Waals surface area (Å²) < 4.78 is 63.3. The van der Waals surface area contributed by atoms with Crippen LogP contribution in [-0.4, -0.2) is 34.1 Å². The van der Waals surface area contributed by atoms with Crippen LogP contribution in [0.4, 0.5) is 14.5 Å². The first-order chi connectivity index (χ1) is 12.7. The fourth-order valence-electron chi connectivity index (χ4n) is 2.36. The van der Waals surface area contributed by atoms with Gasteiger partial charge in [0.25, 0.3) is 5.69 Å². The summed E-state index contributed by atoms with van der Waals surface area (Å²) >= 11 is 0. The molecule has 8 nitrogen and oxygen atoms in total. The molecule has 0 heterocycles. The van der Waals surface area contributed by atoms with Crippen molar-refractivity contribution in [2.45, 2.75) is 11.3 Å². The second-order valence-electron chi connectivity index (χ2n) is 5.32. The molecule has 2 aromatic rings. The number of hydrogen-bond acceptors (Lipinski definition) is 6. The van der Waals surface area contributed by atoms with Crippen LogP contribution in [0.25, 0.3) is 0 Å². The lowest BCUT2D eigenvalue weighted by Crippen LogP contribution is -2.27. The SMILES string of the molecule is COc1cc(CCNS(=O)(=O)c2cc(F)ccc2F)c([N+](=O)[O-])cc1OC. The van der Waals surface area contributed by atoms with E-state index in [0.717, 1.165) is 12.1 Å². The Bertz CT molecular complexity index is 966. The minimum absolute atomic E-state index is 0.0904. The summed E-state index contributed by atoms with van der Waals surface area (Å²) in [7, 11) is -1.66. The highest BCUT2D eigenvalue weighted by Crippen LogP contribution is 2.34. The molecule has 0 bridgehead atoms. The number of benzene rings is 2. The second kappa shape index (κ2) is 8.27. The van der Waals surface area contributed by atoms with Gasteiger partial charge < -0.3 is 9.47 Å². The van der Waals surface area contributed by atoms with Crippen LogP contribution in [0.15, 0.2) is 35.2 Å². The van der Waals surface area contributed by atoms with Crippen LogP contribution in [0, 0.1) is 21.7 Å². The standard InChI is InChI=1S/C16H16F2N2O6S/c1-25-14-7-10(13(20(21)22)9-15(14)26-2)5-6-19-27(23,24)16-8-11(17)3-4-12(16)18/h3-4,7-9,19H,5-6H2,1-2H3. The predicted octanol–water partition coefficient (Wildman–Crippen LogP) is 2.41. The number of hydrogen-bond donors (Lipinski definition) is 1. The Labute approximate surface area is 153 Å². The third-order valence-electron chi connectivity index (χ3n) is 3.65. The van der Waals surface area contributed by atoms with E-state index in [1.165, 1.54) is 20.3 Å². The number of nitro groups is 1. The Morgan fingerprint density at radius 1 is 1.11 bits per heavy atom. The number of nitrogens with one attached hydrogen (secondary N) is 1. The van der Waals surface area contributed by atoms with E-state index in [4.69, 9.17) is 9.47 Å². The number of rotatable bonds is 8. The van der Waals surface area contributed by atoms with Gasteiger partial charge in [0.1, 0.15) is 16.5 Å². The largest absolute Gasteiger partial charge is 0.493 e. The number of nitrogens with zero attached hydrogens (tertiary/aromatic N) is 1. The molecule has 0 aliphatic carbocycles. The molecule has 0 saturated carbocycles. The average Bonchev–Trinajstić information content (AvgIpc) is 2.62. The molecule has 0 aromatic heterocycles. The van der Waals surface area contributed by atoms with Crippen molar-refractivity contribution in [1.82, 2.24) is 4.72 Å². The van der Waals surface area contributed by atoms with Crippen molar-refractivity contribution < 1.29 is 31.6 Å². The van der Waals surface area contributed by atoms with Crippen LogP contribution in [0.5, 0.6) is 11.5 Å². The van der Waals surface area contributed by atoms with E-state index in [2.05, 4.69) is 4.72 Å². The molecule has 11 heteroatoms. The third kappa shape index (κ3) is 4.68. The Balaban J connectivity index is 2.23. The van der Waals surface area contributed by atoms with Gasteiger partial charge >= 0.3 is 0 Å². The highest BCUT2D eigenvalue weighted by molar-refractivity contribution is 7.89. The molecule has 0 atom stereocenters. The molecular formula is C16H16F2N2O6S. The van der Waals surface area contributed by atoms with Gasteiger partial charge in [-0.15, -0.1) is 0 Å². The number of methoxy groups -OCH3 is 2. The zero-order chi connectivity index (χ0) is 20.2. The van der Waals surface area contributed by atoms with E-state index in [-0.39, 0.29) is 35.7 Å². The lowest BCUT2D eigenvalue weighted by atomic mass is 10.1. The molecule has 27 heavy (non-hydrogen) atoms. The molecule has 0 amide bonds. The van der Waals surface area contributed by atoms with Crippen molar-refractivity contribution >= 4 is 15.7 Å². The number of nitro benzene ring substituents is 1. The summed E-state index contributed by atoms with van der Waals surface area (Å²) in [5.74, 6) is -1.64. The monoisotopic (exact) mass is 402 g/mol. The predicted molar refractivity (Wildman–Crippen MR) is 91.5 cm³/mol. The van der Waals surface area contributed by atoms with Gasteiger partial charge in [-0.25, -0.2) is 21.9 Å². The van der Waals surface area contributed by atoms with E-state index in [1.807, 2.05) is 0 Å². The quantitative estimate of drug-likeness (QED) is 0.537. The van der Waals surface area contributed by atoms with E-state index < -0.39 is 31.5 Å². The zero-order valence-corrected chi connectivity index (χ0v) is 15.2. The van der Waals surface area contributed by atoms with Gasteiger partial charge in [-0.3, -0.25) is 10.1 Å². The van der Waals surface area contributed by atoms with E-state index >= 15 is 0 Å². The topological polar surface area (TPSA) is 108 Å². The zero-order valence-electron chi connectivity index (χ0n) is 14.4. The molecular weight excluding hydrogens is 386 g/mol. The van der Waals surface area contributed by atoms with Gasteiger partial charge in [0.05, 0.1) is 25.2 Å². The van der Waals surface area contributed by atoms with E-state index in [1.54, 1.807) is 0 Å². The van der Waals surface area contributed by atoms with Crippen LogP contribution in [-0.2, 0) is 16.4 Å². The van der Waals surface area contributed by atoms with Crippen LogP contribution in [0.3, 0.4) is 0 Å². The molecule has 0 unspecified atom stereocenters. The van der Waals surface area contributed by atoms with Gasteiger partial charge in [-0.1, -0.05) is 0 Å². The maximum Gasteiger partial charge on any atom is 0.276 e. The smallest absolute Gasteiger partial charge is 0.276 e. The lowest BCUT2D eigenvalue weighted by Gasteiger charge is -2.11. The summed E-state index contributed by atoms with van der Waals surface area (Å²) in [4.78, 5) is 9.75. The Kier molecular flexibility index (Phi) is 6.28. The summed E-state index contributed by atoms with van der Waals surface area (Å²) in [6, 6.07) is 4.56. The highest BCUT2D eigenvalue weighted by Gasteiger charge is 2.22. The molecule has 0 aliphatic heterocycles. The van der Waals surface area contributed by atoms with Crippen LogP contribution in [0.1, 0.15) is 5.56 Å². The van der Waals surface area contributed by atoms with Gasteiger partial charge in [0.15, 0.2) is 11.5 Å². The summed E-state index contributed by atoms with van der Waals surface area (Å²) in [6.45, 7) is -0.283. The number of sulfonamides is 1. The highest BCUT2D eigenvalue weighted by atomic mass is 32.2. The maximum absolute atomic E-state index is 13.7. The fraction of sp³-hybridized carbons (Fsp3) is 0.250. The van der Waals surface area contributed by atoms with Crippen molar-refractivity contribution in [3.8, 4) is 11.5 Å². The molecule has 0 aliphatic rings. The Morgan fingerprint density at radius 3 is 2.33 bits per heavy atom. The Morgan fingerprint density at radius 2 is 1.74 bits per heavy atom. The molecule has 1 N–H and O–H groups in total. The molecule has 2 rings (SSSR count). The van der Waals surface area contributed by atoms with Crippen LogP contribution in [0.2, 0.25) is 0 Å². The molecule has 0 fully saturated rings. The van der Waals surface area contributed by atoms with Gasteiger partial charge in [0, 0.05) is 12.1 Å². The maximum atomic E-state index is 13.7. The molecule has 2 aromatic carbocycles. The van der Waals surface area contributed by atoms with Crippen molar-refractivity contribution in [2.75, 3.05) is 20.8 Å². The van der Waals surface area contributed by atoms with Crippen molar-refractivity contribution in [3.05, 3.63) is 57.6 Å². The van der Waals surface area contributed by atoms with E-state index in [0.29, 0.717) is 12.1 Å². The average molecular weight is 402 g/mol. The first-order valence-corrected chi connectivity index (χ1v) is 9.02. The van der Waals surface area contributed by atoms with Crippen LogP contribution >= 0.6 is 0 Å². The van der Waals surface area contributed by atoms with Gasteiger partial charge in [-0.05, 0) is 30.7 Å². The third-order valence-corrected chi connectivity index (χ3v) is 5.13. The first kappa shape index (κ1) is 20.5. The summed E-state index contributed by atoms with van der Waals surface area (Å²) in [5.41, 5.74) is -0.108. The minimum atomic E-state index is -4.34. The fourth-order valence-corrected chi connectivity index (χ4v) is 3.48. The number of ether oxygens (including phenoxy) is 2. The molecule has 146 valence electrons. The van der Waals surface area contributed by atoms with Crippen molar-refractivity contribution in [2.24, 2.45) is 0 Å². The summed E-state index contributed by atoms with van der Waals surface area (Å²) in [6.07, 6.45) is -0.0904. The lowest BCUT2D eigenvalue weighted by molar-refractivity contribution is -0.385. The molecule has 0 saturated heterocycles. The minimum Gasteiger partial charge on any atom is -0.493 e. The molecule has 0 spiro atoms. The van der Waals surface area contributed by atoms with Gasteiger partial charge in [0.2, 0.25) is 10.0 Å². The number of halogens is 2. The first-order valence-electron chi connectivity index (χ1n) is 7.53. The normalized spacial score (nSPS) is 11.3. The molecule has 0 radical (unpaired) electrons. The van der Waals surface area contributed by atoms with Gasteiger partial charge in [-0.2, -0.15) is 0 Å². The van der Waals surface area contributed by atoms with Crippen molar-refractivity contribution in [3.63, 3.8) is 0 Å². The van der Waals surface area contributed by atoms with Crippen molar-refractivity contribution in [1.29, 1.82) is 0 Å². The summed E-state index contributed by atoms with van der Waals surface area (Å²) in [5, 5.41) is 11.2. The Hall–Kier alpha value is -2.79. The van der Waals surface area contributed by atoms with Crippen LogP contribution < -0.4 is 14.2 Å². The van der Waals surface area contributed by atoms with E-state index in [9.17, 15) is 27.3 Å². The second-order valence-corrected chi connectivity index (χ2v) is 7.05.